The number of hydrogen-bond acceptors (Lipinski definition) is 5. The third kappa shape index (κ3) is 5.86. The monoisotopic (exact) mass is 576 g/mol. The van der Waals surface area contributed by atoms with Gasteiger partial charge in [-0.25, -0.2) is 13.8 Å². The summed E-state index contributed by atoms with van der Waals surface area (Å²) in [5.74, 6) is -4.68. The molecule has 0 bridgehead atoms. The Morgan fingerprint density at radius 2 is 2.08 bits per heavy atom. The molecule has 2 aromatic rings. The van der Waals surface area contributed by atoms with Crippen molar-refractivity contribution in [2.24, 2.45) is 0 Å². The molecule has 39 heavy (non-hydrogen) atoms. The number of anilines is 1. The van der Waals surface area contributed by atoms with E-state index in [1.54, 1.807) is 13.0 Å². The molecular formula is C24H26ClF5N6O3. The molecule has 1 aromatic carbocycles. The summed E-state index contributed by atoms with van der Waals surface area (Å²) in [7, 11) is 1.18. The Balaban J connectivity index is 1.53. The van der Waals surface area contributed by atoms with E-state index in [4.69, 9.17) is 21.7 Å². The highest BCUT2D eigenvalue weighted by atomic mass is 35.5. The second-order valence-electron chi connectivity index (χ2n) is 9.80. The van der Waals surface area contributed by atoms with Crippen molar-refractivity contribution in [2.45, 2.75) is 68.9 Å². The number of nitrogens with zero attached hydrogens (tertiary/aromatic N) is 3. The van der Waals surface area contributed by atoms with Gasteiger partial charge in [0.1, 0.15) is 18.3 Å². The number of hydrogen-bond donors (Lipinski definition) is 3. The SMILES string of the molecule is CO[C@H]1C[C@@H](N2C(=N)N[C@](C)(c3cccc(NC(=O)c4cncn4CC(F)(F)F)c3Cl)CC2=O)CCC1(F)F. The normalized spacial score (nSPS) is 25.4. The van der Waals surface area contributed by atoms with E-state index >= 15 is 0 Å². The second-order valence-corrected chi connectivity index (χ2v) is 10.2. The maximum atomic E-state index is 14.1. The summed E-state index contributed by atoms with van der Waals surface area (Å²) >= 11 is 6.58. The first kappa shape index (κ1) is 28.7. The number of aromatic nitrogens is 2. The van der Waals surface area contributed by atoms with E-state index in [-0.39, 0.29) is 41.6 Å². The van der Waals surface area contributed by atoms with Crippen molar-refractivity contribution < 1.29 is 36.3 Å². The van der Waals surface area contributed by atoms with Gasteiger partial charge >= 0.3 is 6.18 Å². The van der Waals surface area contributed by atoms with Gasteiger partial charge in [0.2, 0.25) is 5.91 Å². The Morgan fingerprint density at radius 1 is 1.36 bits per heavy atom. The van der Waals surface area contributed by atoms with Gasteiger partial charge in [-0.2, -0.15) is 13.2 Å². The van der Waals surface area contributed by atoms with Crippen molar-refractivity contribution in [3.8, 4) is 0 Å². The minimum Gasteiger partial charge on any atom is -0.375 e. The molecule has 0 unspecified atom stereocenters. The first-order chi connectivity index (χ1) is 18.1. The zero-order chi connectivity index (χ0) is 28.8. The number of carbonyl (C=O) groups excluding carboxylic acids is 2. The van der Waals surface area contributed by atoms with Crippen LogP contribution >= 0.6 is 11.6 Å². The highest BCUT2D eigenvalue weighted by Gasteiger charge is 2.50. The van der Waals surface area contributed by atoms with Crippen LogP contribution in [0.1, 0.15) is 48.7 Å². The smallest absolute Gasteiger partial charge is 0.375 e. The third-order valence-electron chi connectivity index (χ3n) is 6.96. The fourth-order valence-electron chi connectivity index (χ4n) is 5.06. The van der Waals surface area contributed by atoms with Gasteiger partial charge in [-0.05, 0) is 25.0 Å². The van der Waals surface area contributed by atoms with Crippen molar-refractivity contribution >= 4 is 35.1 Å². The molecule has 9 nitrogen and oxygen atoms in total. The molecule has 1 saturated carbocycles. The number of carbonyl (C=O) groups is 2. The maximum absolute atomic E-state index is 14.1. The zero-order valence-corrected chi connectivity index (χ0v) is 21.7. The van der Waals surface area contributed by atoms with Crippen LogP contribution in [-0.2, 0) is 21.6 Å². The lowest BCUT2D eigenvalue weighted by Crippen LogP contribution is -2.63. The van der Waals surface area contributed by atoms with Crippen LogP contribution in [0.25, 0.3) is 0 Å². The van der Waals surface area contributed by atoms with Gasteiger partial charge in [0.25, 0.3) is 11.8 Å². The average Bonchev–Trinajstić information content (AvgIpc) is 3.27. The molecule has 1 aliphatic carbocycles. The largest absolute Gasteiger partial charge is 0.406 e. The average molecular weight is 577 g/mol. The minimum atomic E-state index is -4.57. The number of benzene rings is 1. The molecular weight excluding hydrogens is 551 g/mol. The summed E-state index contributed by atoms with van der Waals surface area (Å²) in [6.45, 7) is 0.213. The molecule has 4 rings (SSSR count). The Labute approximate surface area is 225 Å². The van der Waals surface area contributed by atoms with E-state index in [0.29, 0.717) is 10.1 Å². The summed E-state index contributed by atoms with van der Waals surface area (Å²) in [6.07, 6.45) is -4.88. The van der Waals surface area contributed by atoms with Crippen LogP contribution in [0.2, 0.25) is 5.02 Å². The zero-order valence-electron chi connectivity index (χ0n) is 20.9. The molecule has 0 radical (unpaired) electrons. The number of guanidine groups is 1. The first-order valence-corrected chi connectivity index (χ1v) is 12.3. The number of alkyl halides is 5. The van der Waals surface area contributed by atoms with E-state index in [2.05, 4.69) is 15.6 Å². The molecule has 2 amide bonds. The van der Waals surface area contributed by atoms with Gasteiger partial charge in [-0.15, -0.1) is 0 Å². The van der Waals surface area contributed by atoms with E-state index < -0.39 is 54.6 Å². The van der Waals surface area contributed by atoms with Crippen LogP contribution in [0, 0.1) is 5.41 Å². The van der Waals surface area contributed by atoms with Gasteiger partial charge in [0, 0.05) is 26.0 Å². The summed E-state index contributed by atoms with van der Waals surface area (Å²) in [6, 6.07) is 3.89. The van der Waals surface area contributed by atoms with Crippen LogP contribution in [-0.4, -0.2) is 63.6 Å². The predicted octanol–water partition coefficient (Wildman–Crippen LogP) is 4.53. The van der Waals surface area contributed by atoms with Gasteiger partial charge in [-0.1, -0.05) is 23.7 Å². The standard InChI is InChI=1S/C24H26ClF5N6O3/c1-22(9-18(37)36(21(31)34-22)13-6-7-23(26,27)17(8-13)39-2)14-4-3-5-15(19(14)25)33-20(38)16-10-32-12-35(16)11-24(28,29)30/h3-5,10,12-13,17H,6-9,11H2,1-2H3,(H2,31,34)(H,33,38)/t13-,17-,22-/m0/s1. The predicted molar refractivity (Wildman–Crippen MR) is 131 cm³/mol. The fourth-order valence-corrected chi connectivity index (χ4v) is 5.44. The molecule has 212 valence electrons. The quantitative estimate of drug-likeness (QED) is 0.438. The van der Waals surface area contributed by atoms with Crippen molar-refractivity contribution in [1.82, 2.24) is 19.8 Å². The molecule has 3 N–H and O–H groups in total. The number of rotatable bonds is 6. The number of amides is 2. The van der Waals surface area contributed by atoms with Crippen LogP contribution in [0.3, 0.4) is 0 Å². The summed E-state index contributed by atoms with van der Waals surface area (Å²) in [4.78, 5) is 30.8. The van der Waals surface area contributed by atoms with Crippen LogP contribution in [0.15, 0.2) is 30.7 Å². The molecule has 1 aromatic heterocycles. The van der Waals surface area contributed by atoms with Crippen LogP contribution in [0.4, 0.5) is 27.6 Å². The molecule has 0 spiro atoms. The van der Waals surface area contributed by atoms with E-state index in [9.17, 15) is 31.5 Å². The number of ether oxygens (including phenoxy) is 1. The minimum absolute atomic E-state index is 0.00737. The Bertz CT molecular complexity index is 1270. The molecule has 3 atom stereocenters. The van der Waals surface area contributed by atoms with Crippen molar-refractivity contribution in [1.29, 1.82) is 5.41 Å². The molecule has 2 fully saturated rings. The highest BCUT2D eigenvalue weighted by molar-refractivity contribution is 6.35. The Hall–Kier alpha value is -3.26. The van der Waals surface area contributed by atoms with Crippen LogP contribution < -0.4 is 10.6 Å². The van der Waals surface area contributed by atoms with Crippen molar-refractivity contribution in [3.63, 3.8) is 0 Å². The first-order valence-electron chi connectivity index (χ1n) is 11.9. The topological polar surface area (TPSA) is 112 Å². The summed E-state index contributed by atoms with van der Waals surface area (Å²) < 4.78 is 72.3. The lowest BCUT2D eigenvalue weighted by atomic mass is 9.83. The maximum Gasteiger partial charge on any atom is 0.406 e. The second kappa shape index (κ2) is 10.4. The van der Waals surface area contributed by atoms with Crippen molar-refractivity contribution in [2.75, 3.05) is 12.4 Å². The number of halogens is 6. The van der Waals surface area contributed by atoms with Gasteiger partial charge in [-0.3, -0.25) is 19.9 Å². The number of imidazole rings is 1. The Kier molecular flexibility index (Phi) is 7.65. The molecule has 1 saturated heterocycles. The van der Waals surface area contributed by atoms with Gasteiger partial charge < -0.3 is 19.9 Å². The van der Waals surface area contributed by atoms with E-state index in [0.717, 1.165) is 17.4 Å². The molecule has 15 heteroatoms. The number of nitrogens with one attached hydrogen (secondary N) is 3. The molecule has 2 aliphatic rings. The van der Waals surface area contributed by atoms with Gasteiger partial charge in [0.15, 0.2) is 5.96 Å². The third-order valence-corrected chi connectivity index (χ3v) is 7.37. The van der Waals surface area contributed by atoms with Gasteiger partial charge in [0.05, 0.1) is 35.2 Å². The van der Waals surface area contributed by atoms with Crippen LogP contribution in [0.5, 0.6) is 0 Å². The van der Waals surface area contributed by atoms with E-state index in [1.807, 2.05) is 0 Å². The Morgan fingerprint density at radius 3 is 2.72 bits per heavy atom. The molecule has 2 heterocycles. The van der Waals surface area contributed by atoms with Crippen molar-refractivity contribution in [3.05, 3.63) is 47.0 Å². The lowest BCUT2D eigenvalue weighted by Gasteiger charge is -2.46. The summed E-state index contributed by atoms with van der Waals surface area (Å²) in [5, 5.41) is 14.0. The fraction of sp³-hybridized carbons (Fsp3) is 0.500. The van der Waals surface area contributed by atoms with E-state index in [1.165, 1.54) is 19.2 Å². The molecule has 1 aliphatic heterocycles. The lowest BCUT2D eigenvalue weighted by molar-refractivity contribution is -0.161. The number of methoxy groups -OCH3 is 1. The summed E-state index contributed by atoms with van der Waals surface area (Å²) in [5.41, 5.74) is -1.13. The highest BCUT2D eigenvalue weighted by Crippen LogP contribution is 2.41.